The van der Waals surface area contributed by atoms with Gasteiger partial charge in [0.2, 0.25) is 5.95 Å². The molecule has 2 N–H and O–H groups in total. The molecule has 8 heteroatoms. The molecule has 0 atom stereocenters. The normalized spacial score (nSPS) is 11.9. The smallest absolute Gasteiger partial charge is 0.335 e. The number of carboxylic acids is 1. The van der Waals surface area contributed by atoms with Crippen LogP contribution >= 0.6 is 0 Å². The minimum absolute atomic E-state index is 0.0347. The van der Waals surface area contributed by atoms with Crippen LogP contribution in [-0.2, 0) is 12.5 Å². The number of nitrogens with one attached hydrogen (secondary N) is 1. The van der Waals surface area contributed by atoms with E-state index in [0.29, 0.717) is 29.1 Å². The van der Waals surface area contributed by atoms with Gasteiger partial charge in [0.25, 0.3) is 5.92 Å². The zero-order valence-electron chi connectivity index (χ0n) is 17.3. The number of carbonyl (C=O) groups is 1. The lowest BCUT2D eigenvalue weighted by atomic mass is 10.0. The second-order valence-corrected chi connectivity index (χ2v) is 7.66. The number of benzene rings is 2. The summed E-state index contributed by atoms with van der Waals surface area (Å²) in [6.07, 6.45) is 0.875. The van der Waals surface area contributed by atoms with Crippen molar-refractivity contribution in [2.24, 2.45) is 0 Å². The van der Waals surface area contributed by atoms with Crippen molar-refractivity contribution >= 4 is 23.0 Å². The number of hydrogen-bond donors (Lipinski definition) is 2. The van der Waals surface area contributed by atoms with E-state index in [1.807, 2.05) is 18.7 Å². The van der Waals surface area contributed by atoms with Gasteiger partial charge in [-0.15, -0.1) is 0 Å². The fraction of sp³-hybridized carbons (Fsp3) is 0.364. The van der Waals surface area contributed by atoms with Crippen molar-refractivity contribution in [2.45, 2.75) is 25.8 Å². The number of alkyl halides is 2. The standard InChI is InChI=1S/C22H26F2N4O2/c1-22(23,24)17-8-5-4-7-16(17)14-28-19-10-9-15(20(29)30)13-18(19)26-21(28)25-11-6-12-27(2)3/h4-5,7-10,13H,6,11-12,14H2,1-3H3,(H,25,26)(H,29,30). The Morgan fingerprint density at radius 2 is 1.97 bits per heavy atom. The molecule has 160 valence electrons. The molecule has 0 radical (unpaired) electrons. The number of halogens is 2. The van der Waals surface area contributed by atoms with Gasteiger partial charge in [-0.25, -0.2) is 18.6 Å². The maximum Gasteiger partial charge on any atom is 0.335 e. The molecule has 0 saturated heterocycles. The molecule has 0 aliphatic heterocycles. The van der Waals surface area contributed by atoms with Gasteiger partial charge in [-0.2, -0.15) is 0 Å². The highest BCUT2D eigenvalue weighted by Crippen LogP contribution is 2.31. The highest BCUT2D eigenvalue weighted by Gasteiger charge is 2.27. The average Bonchev–Trinajstić information content (AvgIpc) is 3.01. The second-order valence-electron chi connectivity index (χ2n) is 7.66. The molecule has 1 aromatic heterocycles. The van der Waals surface area contributed by atoms with Crippen molar-refractivity contribution < 1.29 is 18.7 Å². The molecule has 0 aliphatic rings. The zero-order chi connectivity index (χ0) is 21.9. The molecular weight excluding hydrogens is 390 g/mol. The van der Waals surface area contributed by atoms with Gasteiger partial charge >= 0.3 is 5.97 Å². The van der Waals surface area contributed by atoms with Gasteiger partial charge in [-0.1, -0.05) is 24.3 Å². The quantitative estimate of drug-likeness (QED) is 0.510. The van der Waals surface area contributed by atoms with Crippen LogP contribution < -0.4 is 5.32 Å². The Morgan fingerprint density at radius 3 is 2.63 bits per heavy atom. The van der Waals surface area contributed by atoms with E-state index >= 15 is 0 Å². The predicted octanol–water partition coefficient (Wildman–Crippen LogP) is 4.26. The number of hydrogen-bond acceptors (Lipinski definition) is 4. The Balaban J connectivity index is 2.00. The molecule has 3 rings (SSSR count). The molecule has 0 aliphatic carbocycles. The SMILES string of the molecule is CN(C)CCCNc1nc2cc(C(=O)O)ccc2n1Cc1ccccc1C(C)(F)F. The molecule has 3 aromatic rings. The van der Waals surface area contributed by atoms with Crippen molar-refractivity contribution in [3.63, 3.8) is 0 Å². The van der Waals surface area contributed by atoms with Gasteiger partial charge in [0.05, 0.1) is 23.1 Å². The van der Waals surface area contributed by atoms with Crippen LogP contribution in [0.4, 0.5) is 14.7 Å². The number of aromatic carboxylic acids is 1. The van der Waals surface area contributed by atoms with E-state index in [0.717, 1.165) is 19.9 Å². The summed E-state index contributed by atoms with van der Waals surface area (Å²) in [5.74, 6) is -3.48. The number of anilines is 1. The Kier molecular flexibility index (Phi) is 6.36. The lowest BCUT2D eigenvalue weighted by Crippen LogP contribution is -2.18. The minimum Gasteiger partial charge on any atom is -0.478 e. The lowest BCUT2D eigenvalue weighted by Gasteiger charge is -2.18. The van der Waals surface area contributed by atoms with Crippen LogP contribution in [-0.4, -0.2) is 52.7 Å². The van der Waals surface area contributed by atoms with Crippen LogP contribution in [0, 0.1) is 0 Å². The van der Waals surface area contributed by atoms with Crippen LogP contribution in [0.1, 0.15) is 34.8 Å². The monoisotopic (exact) mass is 416 g/mol. The first-order valence-electron chi connectivity index (χ1n) is 9.75. The molecule has 6 nitrogen and oxygen atoms in total. The van der Waals surface area contributed by atoms with E-state index in [4.69, 9.17) is 0 Å². The maximum absolute atomic E-state index is 14.1. The van der Waals surface area contributed by atoms with Crippen LogP contribution in [0.15, 0.2) is 42.5 Å². The van der Waals surface area contributed by atoms with Crippen molar-refractivity contribution in [3.8, 4) is 0 Å². The van der Waals surface area contributed by atoms with Crippen LogP contribution in [0.2, 0.25) is 0 Å². The number of fused-ring (bicyclic) bond motifs is 1. The predicted molar refractivity (Wildman–Crippen MR) is 113 cm³/mol. The van der Waals surface area contributed by atoms with Gasteiger partial charge in [-0.3, -0.25) is 0 Å². The van der Waals surface area contributed by atoms with Crippen LogP contribution in [0.5, 0.6) is 0 Å². The van der Waals surface area contributed by atoms with Gasteiger partial charge in [0.1, 0.15) is 0 Å². The fourth-order valence-corrected chi connectivity index (χ4v) is 3.41. The number of carboxylic acid groups (broad SMARTS) is 1. The number of imidazole rings is 1. The molecular formula is C22H26F2N4O2. The van der Waals surface area contributed by atoms with E-state index in [2.05, 4.69) is 15.2 Å². The highest BCUT2D eigenvalue weighted by molar-refractivity contribution is 5.93. The van der Waals surface area contributed by atoms with Gasteiger partial charge < -0.3 is 19.9 Å². The highest BCUT2D eigenvalue weighted by atomic mass is 19.3. The van der Waals surface area contributed by atoms with E-state index in [1.54, 1.807) is 24.3 Å². The molecule has 0 spiro atoms. The van der Waals surface area contributed by atoms with Crippen LogP contribution in [0.25, 0.3) is 11.0 Å². The number of rotatable bonds is 9. The van der Waals surface area contributed by atoms with E-state index in [9.17, 15) is 18.7 Å². The lowest BCUT2D eigenvalue weighted by molar-refractivity contribution is 0.0164. The summed E-state index contributed by atoms with van der Waals surface area (Å²) in [7, 11) is 3.98. The summed E-state index contributed by atoms with van der Waals surface area (Å²) in [6.45, 7) is 2.62. The Labute approximate surface area is 174 Å². The molecule has 0 bridgehead atoms. The topological polar surface area (TPSA) is 70.4 Å². The number of aromatic nitrogens is 2. The van der Waals surface area contributed by atoms with Crippen molar-refractivity contribution in [1.29, 1.82) is 0 Å². The van der Waals surface area contributed by atoms with Crippen molar-refractivity contribution in [2.75, 3.05) is 32.5 Å². The molecule has 2 aromatic carbocycles. The minimum atomic E-state index is -2.97. The van der Waals surface area contributed by atoms with Crippen LogP contribution in [0.3, 0.4) is 0 Å². The largest absolute Gasteiger partial charge is 0.478 e. The van der Waals surface area contributed by atoms with Gasteiger partial charge in [0, 0.05) is 19.0 Å². The third kappa shape index (κ3) is 4.94. The van der Waals surface area contributed by atoms with E-state index < -0.39 is 11.9 Å². The molecule has 0 amide bonds. The Hall–Kier alpha value is -3.00. The summed E-state index contributed by atoms with van der Waals surface area (Å²) < 4.78 is 30.0. The van der Waals surface area contributed by atoms with Crippen molar-refractivity contribution in [1.82, 2.24) is 14.5 Å². The summed E-state index contributed by atoms with van der Waals surface area (Å²) in [5, 5.41) is 12.5. The Bertz CT molecular complexity index is 1040. The molecule has 30 heavy (non-hydrogen) atoms. The molecule has 0 saturated carbocycles. The molecule has 0 unspecified atom stereocenters. The van der Waals surface area contributed by atoms with Gasteiger partial charge in [-0.05, 0) is 50.8 Å². The van der Waals surface area contributed by atoms with E-state index in [-0.39, 0.29) is 17.7 Å². The average molecular weight is 416 g/mol. The van der Waals surface area contributed by atoms with E-state index in [1.165, 1.54) is 18.2 Å². The maximum atomic E-state index is 14.1. The first-order chi connectivity index (χ1) is 14.2. The third-order valence-corrected chi connectivity index (χ3v) is 4.88. The van der Waals surface area contributed by atoms with Crippen molar-refractivity contribution in [3.05, 3.63) is 59.2 Å². The third-order valence-electron chi connectivity index (χ3n) is 4.88. The first kappa shape index (κ1) is 21.7. The Morgan fingerprint density at radius 1 is 1.23 bits per heavy atom. The molecule has 0 fully saturated rings. The second kappa shape index (κ2) is 8.79. The first-order valence-corrected chi connectivity index (χ1v) is 9.75. The zero-order valence-corrected chi connectivity index (χ0v) is 17.3. The summed E-state index contributed by atoms with van der Waals surface area (Å²) >= 11 is 0. The van der Waals surface area contributed by atoms with Gasteiger partial charge in [0.15, 0.2) is 0 Å². The fourth-order valence-electron chi connectivity index (χ4n) is 3.41. The summed E-state index contributed by atoms with van der Waals surface area (Å²) in [4.78, 5) is 17.9. The number of nitrogens with zero attached hydrogens (tertiary/aromatic N) is 3. The molecule has 1 heterocycles. The summed E-state index contributed by atoms with van der Waals surface area (Å²) in [6, 6.07) is 11.1. The summed E-state index contributed by atoms with van der Waals surface area (Å²) in [5.41, 5.74) is 1.78.